The van der Waals surface area contributed by atoms with Gasteiger partial charge in [0.1, 0.15) is 0 Å². The molecule has 1 aliphatic rings. The average Bonchev–Trinajstić information content (AvgIpc) is 3.31. The molecule has 222 valence electrons. The van der Waals surface area contributed by atoms with Crippen LogP contribution in [-0.2, 0) is 9.53 Å². The Morgan fingerprint density at radius 1 is 1.07 bits per heavy atom. The summed E-state index contributed by atoms with van der Waals surface area (Å²) in [7, 11) is 1.53. The summed E-state index contributed by atoms with van der Waals surface area (Å²) in [6.07, 6.45) is 1.76. The Morgan fingerprint density at radius 3 is 2.42 bits per heavy atom. The summed E-state index contributed by atoms with van der Waals surface area (Å²) in [5, 5.41) is 0.367. The van der Waals surface area contributed by atoms with E-state index in [-0.39, 0.29) is 12.2 Å². The molecule has 0 bridgehead atoms. The standard InChI is InChI=1S/C34H33ClN2O5S/c1-6-41-26-18-21(17-25(35)31(26)40-5)19-27-32(38)37-30(24-15-13-22(14-16-24)20(3)4)28(33(39)42-7-2)29(36-34(37)43-27)23-11-9-8-10-12-23/h8-20,30H,6-7H2,1-5H3/b27-19-/t30-/m0/s1. The van der Waals surface area contributed by atoms with E-state index in [1.807, 2.05) is 61.5 Å². The number of esters is 1. The minimum Gasteiger partial charge on any atom is -0.491 e. The predicted molar refractivity (Wildman–Crippen MR) is 171 cm³/mol. The molecule has 0 aliphatic carbocycles. The molecule has 5 rings (SSSR count). The second-order valence-electron chi connectivity index (χ2n) is 10.2. The van der Waals surface area contributed by atoms with Crippen molar-refractivity contribution in [1.82, 2.24) is 4.57 Å². The fourth-order valence-electron chi connectivity index (χ4n) is 5.10. The maximum atomic E-state index is 14.2. The van der Waals surface area contributed by atoms with Gasteiger partial charge in [-0.2, -0.15) is 0 Å². The molecule has 0 amide bonds. The fraction of sp³-hybridized carbons (Fsp3) is 0.265. The highest BCUT2D eigenvalue weighted by molar-refractivity contribution is 7.07. The molecule has 0 fully saturated rings. The lowest BCUT2D eigenvalue weighted by Gasteiger charge is -2.26. The summed E-state index contributed by atoms with van der Waals surface area (Å²) >= 11 is 7.76. The molecule has 3 aromatic carbocycles. The second-order valence-corrected chi connectivity index (χ2v) is 11.6. The Balaban J connectivity index is 1.79. The van der Waals surface area contributed by atoms with Crippen LogP contribution >= 0.6 is 22.9 Å². The zero-order valence-electron chi connectivity index (χ0n) is 24.7. The van der Waals surface area contributed by atoms with Crippen molar-refractivity contribution < 1.29 is 19.0 Å². The van der Waals surface area contributed by atoms with Gasteiger partial charge in [-0.15, -0.1) is 0 Å². The lowest BCUT2D eigenvalue weighted by Crippen LogP contribution is -2.40. The van der Waals surface area contributed by atoms with Crippen LogP contribution < -0.4 is 24.4 Å². The first-order valence-corrected chi connectivity index (χ1v) is 15.3. The van der Waals surface area contributed by atoms with Crippen LogP contribution in [0.5, 0.6) is 11.5 Å². The van der Waals surface area contributed by atoms with Crippen LogP contribution in [0.25, 0.3) is 11.8 Å². The predicted octanol–water partition coefficient (Wildman–Crippen LogP) is 6.12. The minimum atomic E-state index is -0.743. The van der Waals surface area contributed by atoms with E-state index >= 15 is 0 Å². The van der Waals surface area contributed by atoms with Gasteiger partial charge in [-0.1, -0.05) is 91.4 Å². The van der Waals surface area contributed by atoms with Crippen molar-refractivity contribution in [2.75, 3.05) is 20.3 Å². The number of hydrogen-bond acceptors (Lipinski definition) is 7. The monoisotopic (exact) mass is 616 g/mol. The van der Waals surface area contributed by atoms with Crippen molar-refractivity contribution >= 4 is 40.7 Å². The van der Waals surface area contributed by atoms with E-state index in [1.54, 1.807) is 29.7 Å². The third-order valence-corrected chi connectivity index (χ3v) is 8.39. The van der Waals surface area contributed by atoms with E-state index in [0.29, 0.717) is 55.2 Å². The topological polar surface area (TPSA) is 79.1 Å². The van der Waals surface area contributed by atoms with Gasteiger partial charge in [0.05, 0.1) is 47.2 Å². The Morgan fingerprint density at radius 2 is 1.79 bits per heavy atom. The molecular weight excluding hydrogens is 584 g/mol. The first kappa shape index (κ1) is 30.3. The van der Waals surface area contributed by atoms with Gasteiger partial charge < -0.3 is 14.2 Å². The molecule has 0 saturated carbocycles. The normalized spacial score (nSPS) is 14.9. The van der Waals surface area contributed by atoms with Crippen LogP contribution in [0.4, 0.5) is 0 Å². The van der Waals surface area contributed by atoms with Gasteiger partial charge in [-0.05, 0) is 54.7 Å². The zero-order chi connectivity index (χ0) is 30.7. The number of carbonyl (C=O) groups excluding carboxylic acids is 1. The molecule has 43 heavy (non-hydrogen) atoms. The van der Waals surface area contributed by atoms with Gasteiger partial charge in [-0.3, -0.25) is 9.36 Å². The molecule has 0 radical (unpaired) electrons. The van der Waals surface area contributed by atoms with E-state index in [2.05, 4.69) is 13.8 Å². The molecule has 4 aromatic rings. The van der Waals surface area contributed by atoms with E-state index < -0.39 is 12.0 Å². The number of thiazole rings is 1. The smallest absolute Gasteiger partial charge is 0.338 e. The Bertz CT molecular complexity index is 1860. The number of ether oxygens (including phenoxy) is 3. The van der Waals surface area contributed by atoms with Crippen LogP contribution in [0.2, 0.25) is 5.02 Å². The van der Waals surface area contributed by atoms with Crippen molar-refractivity contribution in [3.05, 3.63) is 119 Å². The summed E-state index contributed by atoms with van der Waals surface area (Å²) in [5.41, 5.74) is 3.89. The molecular formula is C34H33ClN2O5S. The molecule has 2 heterocycles. The largest absolute Gasteiger partial charge is 0.491 e. The SMILES string of the molecule is CCOC(=O)C1=C(c2ccccc2)N=c2s/c(=C\c3cc(Cl)c(OC)c(OCC)c3)c(=O)n2[C@H]1c1ccc(C(C)C)cc1. The highest BCUT2D eigenvalue weighted by atomic mass is 35.5. The maximum absolute atomic E-state index is 14.2. The number of fused-ring (bicyclic) bond motifs is 1. The highest BCUT2D eigenvalue weighted by Crippen LogP contribution is 2.37. The van der Waals surface area contributed by atoms with Gasteiger partial charge in [0, 0.05) is 5.56 Å². The van der Waals surface area contributed by atoms with Crippen molar-refractivity contribution in [3.8, 4) is 11.5 Å². The molecule has 0 spiro atoms. The third kappa shape index (κ3) is 6.03. The second kappa shape index (κ2) is 13.0. The van der Waals surface area contributed by atoms with Gasteiger partial charge in [-0.25, -0.2) is 9.79 Å². The molecule has 1 atom stereocenters. The van der Waals surface area contributed by atoms with Crippen LogP contribution in [0.3, 0.4) is 0 Å². The van der Waals surface area contributed by atoms with E-state index in [1.165, 1.54) is 18.4 Å². The fourth-order valence-corrected chi connectivity index (χ4v) is 6.40. The van der Waals surface area contributed by atoms with Crippen LogP contribution in [-0.4, -0.2) is 30.9 Å². The number of methoxy groups -OCH3 is 1. The van der Waals surface area contributed by atoms with Crippen LogP contribution in [0, 0.1) is 0 Å². The summed E-state index contributed by atoms with van der Waals surface area (Å²) < 4.78 is 18.7. The van der Waals surface area contributed by atoms with Crippen molar-refractivity contribution in [1.29, 1.82) is 0 Å². The molecule has 1 aliphatic heterocycles. The highest BCUT2D eigenvalue weighted by Gasteiger charge is 2.35. The molecule has 1 aromatic heterocycles. The number of benzene rings is 3. The van der Waals surface area contributed by atoms with Crippen LogP contribution in [0.15, 0.2) is 82.1 Å². The number of rotatable bonds is 9. The number of nitrogens with zero attached hydrogens (tertiary/aromatic N) is 2. The first-order valence-electron chi connectivity index (χ1n) is 14.2. The van der Waals surface area contributed by atoms with Gasteiger partial charge >= 0.3 is 5.97 Å². The number of hydrogen-bond donors (Lipinski definition) is 0. The summed E-state index contributed by atoms with van der Waals surface area (Å²) in [4.78, 5) is 33.2. The van der Waals surface area contributed by atoms with Crippen molar-refractivity contribution in [2.45, 2.75) is 39.7 Å². The molecule has 0 saturated heterocycles. The number of carbonyl (C=O) groups is 1. The Labute approximate surface area is 259 Å². The summed E-state index contributed by atoms with van der Waals surface area (Å²) in [6.45, 7) is 8.49. The number of halogens is 1. The van der Waals surface area contributed by atoms with E-state index in [4.69, 9.17) is 30.8 Å². The first-order chi connectivity index (χ1) is 20.8. The molecule has 9 heteroatoms. The van der Waals surface area contributed by atoms with Gasteiger partial charge in [0.25, 0.3) is 5.56 Å². The molecule has 0 N–H and O–H groups in total. The Hall–Kier alpha value is -4.14. The zero-order valence-corrected chi connectivity index (χ0v) is 26.3. The average molecular weight is 617 g/mol. The summed E-state index contributed by atoms with van der Waals surface area (Å²) in [5.74, 6) is 0.726. The lowest BCUT2D eigenvalue weighted by molar-refractivity contribution is -0.138. The van der Waals surface area contributed by atoms with Crippen LogP contribution in [0.1, 0.15) is 61.9 Å². The van der Waals surface area contributed by atoms with Gasteiger partial charge in [0.15, 0.2) is 16.3 Å². The number of aromatic nitrogens is 1. The minimum absolute atomic E-state index is 0.189. The van der Waals surface area contributed by atoms with E-state index in [9.17, 15) is 9.59 Å². The lowest BCUT2D eigenvalue weighted by atomic mass is 9.91. The maximum Gasteiger partial charge on any atom is 0.338 e. The summed E-state index contributed by atoms with van der Waals surface area (Å²) in [6, 6.07) is 20.3. The quantitative estimate of drug-likeness (QED) is 0.212. The van der Waals surface area contributed by atoms with E-state index in [0.717, 1.165) is 16.7 Å². The molecule has 7 nitrogen and oxygen atoms in total. The Kier molecular flexibility index (Phi) is 9.18. The molecule has 0 unspecified atom stereocenters. The van der Waals surface area contributed by atoms with Gasteiger partial charge in [0.2, 0.25) is 0 Å². The van der Waals surface area contributed by atoms with Crippen molar-refractivity contribution in [2.24, 2.45) is 4.99 Å². The van der Waals surface area contributed by atoms with Crippen molar-refractivity contribution in [3.63, 3.8) is 0 Å². The third-order valence-electron chi connectivity index (χ3n) is 7.13.